The second kappa shape index (κ2) is 9.79. The zero-order chi connectivity index (χ0) is 25.1. The van der Waals surface area contributed by atoms with E-state index in [2.05, 4.69) is 4.98 Å². The number of Topliss-reactive ketones (excluding diaryl/α,β-unsaturated/α-hetero) is 2. The van der Waals surface area contributed by atoms with Gasteiger partial charge in [-0.15, -0.1) is 0 Å². The largest absolute Gasteiger partial charge is 0.418 e. The zero-order valence-corrected chi connectivity index (χ0v) is 17.9. The molecule has 34 heavy (non-hydrogen) atoms. The predicted molar refractivity (Wildman–Crippen MR) is 112 cm³/mol. The van der Waals surface area contributed by atoms with E-state index in [1.807, 2.05) is 0 Å². The number of alkyl halides is 6. The third kappa shape index (κ3) is 6.09. The van der Waals surface area contributed by atoms with Gasteiger partial charge >= 0.3 is 12.4 Å². The summed E-state index contributed by atoms with van der Waals surface area (Å²) in [6.07, 6.45) is -8.76. The van der Waals surface area contributed by atoms with Gasteiger partial charge in [0.15, 0.2) is 5.78 Å². The minimum Gasteiger partial charge on any atom is -0.299 e. The Hall–Kier alpha value is -3.49. The van der Waals surface area contributed by atoms with E-state index in [9.17, 15) is 35.9 Å². The average molecular weight is 479 g/mol. The highest BCUT2D eigenvalue weighted by Crippen LogP contribution is 2.39. The van der Waals surface area contributed by atoms with E-state index >= 15 is 0 Å². The van der Waals surface area contributed by atoms with Crippen molar-refractivity contribution in [3.8, 4) is 0 Å². The molecule has 0 saturated heterocycles. The summed E-state index contributed by atoms with van der Waals surface area (Å²) in [7, 11) is 0. The van der Waals surface area contributed by atoms with Crippen LogP contribution in [0.25, 0.3) is 0 Å². The van der Waals surface area contributed by atoms with Gasteiger partial charge in [-0.1, -0.05) is 36.4 Å². The summed E-state index contributed by atoms with van der Waals surface area (Å²) >= 11 is 0. The number of nitrogens with zero attached hydrogens (tertiary/aromatic N) is 1. The number of carbonyl (C=O) groups is 2. The lowest BCUT2D eigenvalue weighted by molar-refractivity contribution is -0.139. The Balaban J connectivity index is 1.96. The van der Waals surface area contributed by atoms with Crippen LogP contribution in [0.15, 0.2) is 66.9 Å². The predicted octanol–water partition coefficient (Wildman–Crippen LogP) is 6.66. The molecule has 0 amide bonds. The van der Waals surface area contributed by atoms with Crippen LogP contribution >= 0.6 is 0 Å². The first-order valence-corrected chi connectivity index (χ1v) is 10.2. The summed E-state index contributed by atoms with van der Waals surface area (Å²) in [6.45, 7) is 1.39. The second-order valence-electron chi connectivity index (χ2n) is 7.78. The summed E-state index contributed by atoms with van der Waals surface area (Å²) in [5.74, 6) is -1.79. The number of carbonyl (C=O) groups excluding carboxylic acids is 2. The maximum atomic E-state index is 13.6. The van der Waals surface area contributed by atoms with Crippen molar-refractivity contribution in [2.45, 2.75) is 38.0 Å². The van der Waals surface area contributed by atoms with E-state index in [-0.39, 0.29) is 17.8 Å². The molecule has 1 heterocycles. The van der Waals surface area contributed by atoms with Crippen LogP contribution in [0.5, 0.6) is 0 Å². The highest BCUT2D eigenvalue weighted by atomic mass is 19.4. The zero-order valence-electron chi connectivity index (χ0n) is 17.9. The van der Waals surface area contributed by atoms with E-state index in [1.165, 1.54) is 6.92 Å². The maximum absolute atomic E-state index is 13.6. The number of pyridine rings is 1. The minimum atomic E-state index is -4.76. The molecular weight excluding hydrogens is 460 g/mol. The van der Waals surface area contributed by atoms with Gasteiger partial charge in [-0.2, -0.15) is 26.3 Å². The second-order valence-corrected chi connectivity index (χ2v) is 7.78. The molecule has 0 aliphatic carbocycles. The fourth-order valence-electron chi connectivity index (χ4n) is 3.60. The molecule has 178 valence electrons. The van der Waals surface area contributed by atoms with Gasteiger partial charge < -0.3 is 0 Å². The first-order valence-electron chi connectivity index (χ1n) is 10.2. The Labute approximate surface area is 191 Å². The topological polar surface area (TPSA) is 47.0 Å². The first kappa shape index (κ1) is 25.1. The quantitative estimate of drug-likeness (QED) is 0.281. The number of rotatable bonds is 7. The molecule has 0 spiro atoms. The van der Waals surface area contributed by atoms with Crippen molar-refractivity contribution in [2.75, 3.05) is 0 Å². The van der Waals surface area contributed by atoms with Gasteiger partial charge in [0.1, 0.15) is 5.78 Å². The molecule has 3 aromatic rings. The maximum Gasteiger partial charge on any atom is 0.418 e. The van der Waals surface area contributed by atoms with Crippen molar-refractivity contribution in [3.63, 3.8) is 0 Å². The van der Waals surface area contributed by atoms with Crippen molar-refractivity contribution in [1.29, 1.82) is 0 Å². The number of ketones is 2. The Morgan fingerprint density at radius 2 is 1.47 bits per heavy atom. The Kier molecular flexibility index (Phi) is 7.24. The van der Waals surface area contributed by atoms with Crippen LogP contribution in [-0.2, 0) is 23.6 Å². The van der Waals surface area contributed by atoms with Crippen molar-refractivity contribution >= 4 is 11.6 Å². The molecule has 3 nitrogen and oxygen atoms in total. The Morgan fingerprint density at radius 1 is 0.853 bits per heavy atom. The smallest absolute Gasteiger partial charge is 0.299 e. The molecule has 0 aliphatic rings. The van der Waals surface area contributed by atoms with E-state index in [4.69, 9.17) is 0 Å². The molecule has 0 saturated carbocycles. The van der Waals surface area contributed by atoms with Gasteiger partial charge in [0.2, 0.25) is 0 Å². The lowest BCUT2D eigenvalue weighted by Gasteiger charge is -2.21. The molecule has 1 atom stereocenters. The van der Waals surface area contributed by atoms with Gasteiger partial charge in [0, 0.05) is 30.5 Å². The van der Waals surface area contributed by atoms with Crippen LogP contribution in [0.2, 0.25) is 0 Å². The summed E-state index contributed by atoms with van der Waals surface area (Å²) in [4.78, 5) is 28.1. The average Bonchev–Trinajstić information content (AvgIpc) is 2.77. The number of hydrogen-bond donors (Lipinski definition) is 0. The molecular formula is C25H19F6NO2. The fraction of sp³-hybridized carbons (Fsp3) is 0.240. The van der Waals surface area contributed by atoms with Crippen molar-refractivity contribution < 1.29 is 35.9 Å². The summed E-state index contributed by atoms with van der Waals surface area (Å²) < 4.78 is 79.8. The lowest BCUT2D eigenvalue weighted by atomic mass is 9.86. The third-order valence-electron chi connectivity index (χ3n) is 5.31. The molecule has 1 aromatic heterocycles. The fourth-order valence-corrected chi connectivity index (χ4v) is 3.60. The summed E-state index contributed by atoms with van der Waals surface area (Å²) in [6, 6.07) is 11.8. The van der Waals surface area contributed by atoms with Crippen LogP contribution in [0.4, 0.5) is 26.3 Å². The number of halogens is 6. The van der Waals surface area contributed by atoms with Crippen LogP contribution in [0.1, 0.15) is 57.6 Å². The van der Waals surface area contributed by atoms with Gasteiger partial charge in [-0.25, -0.2) is 0 Å². The van der Waals surface area contributed by atoms with Crippen molar-refractivity contribution in [2.24, 2.45) is 0 Å². The lowest BCUT2D eigenvalue weighted by Crippen LogP contribution is -2.18. The molecule has 2 aromatic carbocycles. The number of hydrogen-bond acceptors (Lipinski definition) is 3. The minimum absolute atomic E-state index is 0.109. The van der Waals surface area contributed by atoms with E-state index in [1.54, 1.807) is 24.3 Å². The molecule has 0 unspecified atom stereocenters. The third-order valence-corrected chi connectivity index (χ3v) is 5.31. The number of benzene rings is 2. The molecule has 0 N–H and O–H groups in total. The van der Waals surface area contributed by atoms with Crippen LogP contribution in [0.3, 0.4) is 0 Å². The van der Waals surface area contributed by atoms with Gasteiger partial charge in [0.25, 0.3) is 0 Å². The normalized spacial score (nSPS) is 12.9. The van der Waals surface area contributed by atoms with Crippen LogP contribution in [0, 0.1) is 0 Å². The summed E-state index contributed by atoms with van der Waals surface area (Å²) in [5.41, 5.74) is -1.34. The SMILES string of the molecule is CC(=O)c1ccc(CC(=O)C[C@@H](c2ccc(C(F)(F)F)cc2)c2ncccc2C(F)(F)F)cc1. The summed E-state index contributed by atoms with van der Waals surface area (Å²) in [5, 5.41) is 0. The molecule has 0 radical (unpaired) electrons. The monoisotopic (exact) mass is 479 g/mol. The van der Waals surface area contributed by atoms with Crippen LogP contribution in [-0.4, -0.2) is 16.6 Å². The highest BCUT2D eigenvalue weighted by molar-refractivity contribution is 5.94. The number of aromatic nitrogens is 1. The Bertz CT molecular complexity index is 1170. The molecule has 0 bridgehead atoms. The van der Waals surface area contributed by atoms with Gasteiger partial charge in [-0.05, 0) is 42.3 Å². The van der Waals surface area contributed by atoms with Gasteiger partial charge in [0.05, 0.1) is 16.8 Å². The van der Waals surface area contributed by atoms with Crippen molar-refractivity contribution in [1.82, 2.24) is 4.98 Å². The van der Waals surface area contributed by atoms with Crippen LogP contribution < -0.4 is 0 Å². The molecule has 0 aliphatic heterocycles. The highest BCUT2D eigenvalue weighted by Gasteiger charge is 2.37. The standard InChI is InChI=1S/C25H19F6NO2/c1-15(33)17-6-4-16(5-7-17)13-20(34)14-21(18-8-10-19(11-9-18)24(26,27)28)23-22(25(29,30)31)3-2-12-32-23/h2-12,21H,13-14H2,1H3/t21-/m0/s1. The van der Waals surface area contributed by atoms with Crippen molar-refractivity contribution in [3.05, 3.63) is 100 Å². The molecule has 9 heteroatoms. The Morgan fingerprint density at radius 3 is 2.00 bits per heavy atom. The van der Waals surface area contributed by atoms with Gasteiger partial charge in [-0.3, -0.25) is 14.6 Å². The van der Waals surface area contributed by atoms with E-state index in [0.29, 0.717) is 11.1 Å². The molecule has 0 fully saturated rings. The molecule has 3 rings (SSSR count). The first-order chi connectivity index (χ1) is 15.9. The van der Waals surface area contributed by atoms with E-state index in [0.717, 1.165) is 42.6 Å². The van der Waals surface area contributed by atoms with E-state index < -0.39 is 47.3 Å².